The summed E-state index contributed by atoms with van der Waals surface area (Å²) >= 11 is 0. The van der Waals surface area contributed by atoms with Crippen molar-refractivity contribution in [3.63, 3.8) is 0 Å². The fourth-order valence-electron chi connectivity index (χ4n) is 4.23. The second kappa shape index (κ2) is 7.41. The molecule has 0 saturated carbocycles. The first-order valence-electron chi connectivity index (χ1n) is 10.7. The largest absolute Gasteiger partial charge is 0.451 e. The third-order valence-corrected chi connectivity index (χ3v) is 5.92. The number of hydrogen-bond donors (Lipinski definition) is 1. The van der Waals surface area contributed by atoms with Crippen LogP contribution in [-0.2, 0) is 6.42 Å². The number of carbonyl (C=O) groups excluding carboxylic acids is 1. The number of imidazole rings is 1. The number of carbonyl (C=O) groups is 1. The van der Waals surface area contributed by atoms with E-state index in [1.165, 1.54) is 6.07 Å². The highest BCUT2D eigenvalue weighted by Crippen LogP contribution is 2.39. The molecule has 6 nitrogen and oxygen atoms in total. The van der Waals surface area contributed by atoms with Gasteiger partial charge in [0.15, 0.2) is 17.3 Å². The maximum Gasteiger partial charge on any atom is 0.258 e. The van der Waals surface area contributed by atoms with Gasteiger partial charge in [0.05, 0.1) is 22.9 Å². The lowest BCUT2D eigenvalue weighted by Crippen LogP contribution is -2.32. The molecule has 1 amide bonds. The maximum atomic E-state index is 14.2. The van der Waals surface area contributed by atoms with Gasteiger partial charge in [-0.3, -0.25) is 4.79 Å². The Kier molecular flexibility index (Phi) is 4.36. The monoisotopic (exact) mass is 438 g/mol. The summed E-state index contributed by atoms with van der Waals surface area (Å²) in [4.78, 5) is 27.1. The number of aryl methyl sites for hydroxylation is 1. The molecule has 0 fully saturated rings. The second-order valence-electron chi connectivity index (χ2n) is 8.16. The molecule has 0 saturated heterocycles. The number of rotatable bonds is 2. The van der Waals surface area contributed by atoms with Crippen LogP contribution in [0.2, 0.25) is 0 Å². The van der Waals surface area contributed by atoms with E-state index in [0.717, 1.165) is 28.4 Å². The van der Waals surface area contributed by atoms with Crippen LogP contribution in [-0.4, -0.2) is 27.4 Å². The molecule has 6 rings (SSSR count). The van der Waals surface area contributed by atoms with Crippen LogP contribution in [0.15, 0.2) is 71.3 Å². The summed E-state index contributed by atoms with van der Waals surface area (Å²) in [5.74, 6) is 1.00. The van der Waals surface area contributed by atoms with Gasteiger partial charge in [-0.25, -0.2) is 14.4 Å². The van der Waals surface area contributed by atoms with E-state index < -0.39 is 5.82 Å². The molecular weight excluding hydrogens is 419 g/mol. The van der Waals surface area contributed by atoms with E-state index in [1.807, 2.05) is 49.4 Å². The highest BCUT2D eigenvalue weighted by atomic mass is 19.1. The van der Waals surface area contributed by atoms with Crippen molar-refractivity contribution in [2.75, 3.05) is 11.4 Å². The molecule has 33 heavy (non-hydrogen) atoms. The molecule has 0 atom stereocenters. The molecule has 4 heterocycles. The highest BCUT2D eigenvalue weighted by molar-refractivity contribution is 6.08. The molecule has 162 valence electrons. The number of furan rings is 1. The molecule has 2 aromatic carbocycles. The van der Waals surface area contributed by atoms with Gasteiger partial charge in [0.1, 0.15) is 11.5 Å². The number of pyridine rings is 1. The summed E-state index contributed by atoms with van der Waals surface area (Å²) in [5.41, 5.74) is 5.08. The van der Waals surface area contributed by atoms with E-state index in [9.17, 15) is 9.18 Å². The maximum absolute atomic E-state index is 14.2. The van der Waals surface area contributed by atoms with Crippen molar-refractivity contribution in [2.24, 2.45) is 0 Å². The second-order valence-corrected chi connectivity index (χ2v) is 8.16. The Hall–Kier alpha value is -4.26. The predicted octanol–water partition coefficient (Wildman–Crippen LogP) is 5.54. The molecule has 3 aromatic heterocycles. The number of H-pyrrole nitrogens is 1. The summed E-state index contributed by atoms with van der Waals surface area (Å²) < 4.78 is 20.4. The van der Waals surface area contributed by atoms with Crippen LogP contribution in [0.4, 0.5) is 10.1 Å². The summed E-state index contributed by atoms with van der Waals surface area (Å²) in [6.45, 7) is 2.34. The van der Waals surface area contributed by atoms with Crippen LogP contribution in [0, 0.1) is 12.7 Å². The minimum atomic E-state index is -0.511. The number of anilines is 1. The zero-order valence-electron chi connectivity index (χ0n) is 17.8. The SMILES string of the molecule is Cc1ccc(C(=O)N2CCc3cc(-c4nc5ccccc5[nH]4)oc3-c3ncc(F)cc32)cc1. The van der Waals surface area contributed by atoms with Gasteiger partial charge in [-0.1, -0.05) is 29.8 Å². The predicted molar refractivity (Wildman–Crippen MR) is 124 cm³/mol. The van der Waals surface area contributed by atoms with Crippen molar-refractivity contribution in [2.45, 2.75) is 13.3 Å². The fourth-order valence-corrected chi connectivity index (χ4v) is 4.23. The molecule has 0 unspecified atom stereocenters. The van der Waals surface area contributed by atoms with Gasteiger partial charge in [-0.05, 0) is 43.7 Å². The molecule has 0 aliphatic carbocycles. The minimum absolute atomic E-state index is 0.202. The Morgan fingerprint density at radius 1 is 1.12 bits per heavy atom. The molecule has 7 heteroatoms. The third-order valence-electron chi connectivity index (χ3n) is 5.92. The van der Waals surface area contributed by atoms with Gasteiger partial charge in [0.25, 0.3) is 5.91 Å². The average molecular weight is 438 g/mol. The van der Waals surface area contributed by atoms with E-state index in [-0.39, 0.29) is 5.91 Å². The van der Waals surface area contributed by atoms with Gasteiger partial charge < -0.3 is 14.3 Å². The smallest absolute Gasteiger partial charge is 0.258 e. The van der Waals surface area contributed by atoms with Crippen molar-refractivity contribution in [1.29, 1.82) is 0 Å². The number of amides is 1. The summed E-state index contributed by atoms with van der Waals surface area (Å²) in [5, 5.41) is 0. The molecular formula is C26H19FN4O2. The van der Waals surface area contributed by atoms with Crippen LogP contribution in [0.1, 0.15) is 21.5 Å². The van der Waals surface area contributed by atoms with Crippen LogP contribution in [0.25, 0.3) is 34.1 Å². The Bertz CT molecular complexity index is 1480. The van der Waals surface area contributed by atoms with Crippen molar-refractivity contribution < 1.29 is 13.6 Å². The average Bonchev–Trinajstić information content (AvgIpc) is 3.41. The number of aromatic nitrogens is 3. The van der Waals surface area contributed by atoms with Gasteiger partial charge >= 0.3 is 0 Å². The number of aromatic amines is 1. The van der Waals surface area contributed by atoms with Crippen LogP contribution in [0.3, 0.4) is 0 Å². The highest BCUT2D eigenvalue weighted by Gasteiger charge is 2.30. The first-order valence-corrected chi connectivity index (χ1v) is 10.7. The third kappa shape index (κ3) is 3.29. The topological polar surface area (TPSA) is 75.0 Å². The first kappa shape index (κ1) is 19.4. The fraction of sp³-hybridized carbons (Fsp3) is 0.115. The Balaban J connectivity index is 1.45. The molecule has 1 N–H and O–H groups in total. The number of benzene rings is 2. The number of para-hydroxylation sites is 2. The normalized spacial score (nSPS) is 13.0. The molecule has 1 aliphatic rings. The Morgan fingerprint density at radius 2 is 1.94 bits per heavy atom. The lowest BCUT2D eigenvalue weighted by atomic mass is 10.1. The number of fused-ring (bicyclic) bond motifs is 4. The van der Waals surface area contributed by atoms with Crippen molar-refractivity contribution in [3.8, 4) is 23.0 Å². The lowest BCUT2D eigenvalue weighted by Gasteiger charge is -2.22. The van der Waals surface area contributed by atoms with E-state index in [0.29, 0.717) is 47.3 Å². The van der Waals surface area contributed by atoms with Crippen LogP contribution < -0.4 is 4.90 Å². The standard InChI is InChI=1S/C26H19FN4O2/c1-15-6-8-16(9-7-15)26(32)31-11-10-17-12-22(25-29-19-4-2-3-5-20(19)30-25)33-24(17)23-21(31)13-18(27)14-28-23/h2-9,12-14H,10-11H2,1H3,(H,29,30). The summed E-state index contributed by atoms with van der Waals surface area (Å²) in [7, 11) is 0. The first-order chi connectivity index (χ1) is 16.1. The van der Waals surface area contributed by atoms with E-state index in [1.54, 1.807) is 17.0 Å². The van der Waals surface area contributed by atoms with E-state index in [4.69, 9.17) is 4.42 Å². The molecule has 0 bridgehead atoms. The lowest BCUT2D eigenvalue weighted by molar-refractivity contribution is 0.0987. The molecule has 5 aromatic rings. The molecule has 0 radical (unpaired) electrons. The van der Waals surface area contributed by atoms with E-state index in [2.05, 4.69) is 15.0 Å². The van der Waals surface area contributed by atoms with Gasteiger partial charge in [0.2, 0.25) is 0 Å². The van der Waals surface area contributed by atoms with E-state index >= 15 is 0 Å². The summed E-state index contributed by atoms with van der Waals surface area (Å²) in [6.07, 6.45) is 1.68. The van der Waals surface area contributed by atoms with Gasteiger partial charge in [0, 0.05) is 23.7 Å². The number of halogens is 1. The molecule has 0 spiro atoms. The van der Waals surface area contributed by atoms with Gasteiger partial charge in [-0.2, -0.15) is 0 Å². The van der Waals surface area contributed by atoms with Crippen LogP contribution >= 0.6 is 0 Å². The van der Waals surface area contributed by atoms with Crippen molar-refractivity contribution >= 4 is 22.6 Å². The molecule has 1 aliphatic heterocycles. The Morgan fingerprint density at radius 3 is 2.76 bits per heavy atom. The number of hydrogen-bond acceptors (Lipinski definition) is 4. The van der Waals surface area contributed by atoms with Crippen molar-refractivity contribution in [3.05, 3.63) is 89.4 Å². The minimum Gasteiger partial charge on any atom is -0.451 e. The Labute approximate surface area is 188 Å². The quantitative estimate of drug-likeness (QED) is 0.393. The number of nitrogens with one attached hydrogen (secondary N) is 1. The zero-order valence-corrected chi connectivity index (χ0v) is 17.8. The van der Waals surface area contributed by atoms with Gasteiger partial charge in [-0.15, -0.1) is 0 Å². The zero-order chi connectivity index (χ0) is 22.5. The number of nitrogens with zero attached hydrogens (tertiary/aromatic N) is 3. The van der Waals surface area contributed by atoms with Crippen molar-refractivity contribution in [1.82, 2.24) is 15.0 Å². The summed E-state index contributed by atoms with van der Waals surface area (Å²) in [6, 6.07) is 18.4. The van der Waals surface area contributed by atoms with Crippen LogP contribution in [0.5, 0.6) is 0 Å².